The van der Waals surface area contributed by atoms with Crippen molar-refractivity contribution in [2.45, 2.75) is 37.6 Å². The van der Waals surface area contributed by atoms with Crippen molar-refractivity contribution in [2.24, 2.45) is 0 Å². The minimum Gasteiger partial charge on any atom is -0.508 e. The Morgan fingerprint density at radius 3 is 2.24 bits per heavy atom. The molecule has 2 N–H and O–H groups in total. The topological polar surface area (TPSA) is 81.1 Å². The van der Waals surface area contributed by atoms with Crippen molar-refractivity contribution in [3.63, 3.8) is 0 Å². The first-order chi connectivity index (χ1) is 14.0. The molecule has 29 heavy (non-hydrogen) atoms. The zero-order chi connectivity index (χ0) is 20.4. The minimum atomic E-state index is -0.452. The second-order valence-electron chi connectivity index (χ2n) is 7.86. The van der Waals surface area contributed by atoms with Gasteiger partial charge in [-0.2, -0.15) is 0 Å². The van der Waals surface area contributed by atoms with Crippen LogP contribution in [0.15, 0.2) is 48.5 Å². The molecule has 1 atom stereocenters. The molecule has 2 saturated heterocycles. The number of phenolic OH excluding ortho intramolecular Hbond substituents is 2. The molecule has 2 aromatic rings. The van der Waals surface area contributed by atoms with Crippen LogP contribution in [0.25, 0.3) is 0 Å². The highest BCUT2D eigenvalue weighted by atomic mass is 16.3. The number of benzene rings is 2. The second-order valence-corrected chi connectivity index (χ2v) is 7.86. The van der Waals surface area contributed by atoms with Gasteiger partial charge in [0.25, 0.3) is 5.91 Å². The van der Waals surface area contributed by atoms with E-state index < -0.39 is 6.04 Å². The van der Waals surface area contributed by atoms with E-state index in [1.807, 2.05) is 17.0 Å². The Morgan fingerprint density at radius 2 is 1.55 bits per heavy atom. The van der Waals surface area contributed by atoms with Crippen LogP contribution in [-0.2, 0) is 4.79 Å². The van der Waals surface area contributed by atoms with Crippen molar-refractivity contribution in [3.8, 4) is 11.5 Å². The van der Waals surface area contributed by atoms with Crippen LogP contribution < -0.4 is 0 Å². The van der Waals surface area contributed by atoms with E-state index in [9.17, 15) is 19.8 Å². The quantitative estimate of drug-likeness (QED) is 0.838. The van der Waals surface area contributed by atoms with Gasteiger partial charge < -0.3 is 20.0 Å². The number of hydrogen-bond donors (Lipinski definition) is 2. The summed E-state index contributed by atoms with van der Waals surface area (Å²) in [6.45, 7) is 1.87. The van der Waals surface area contributed by atoms with Crippen LogP contribution in [0.3, 0.4) is 0 Å². The first-order valence-electron chi connectivity index (χ1n) is 10.2. The molecule has 2 aromatic carbocycles. The number of phenols is 2. The molecule has 2 heterocycles. The maximum atomic E-state index is 13.2. The van der Waals surface area contributed by atoms with Crippen LogP contribution in [0.1, 0.15) is 47.5 Å². The predicted molar refractivity (Wildman–Crippen MR) is 109 cm³/mol. The highest BCUT2D eigenvalue weighted by molar-refractivity contribution is 5.99. The lowest BCUT2D eigenvalue weighted by molar-refractivity contribution is -0.136. The maximum absolute atomic E-state index is 13.2. The van der Waals surface area contributed by atoms with Gasteiger partial charge in [-0.15, -0.1) is 0 Å². The molecule has 152 valence electrons. The summed E-state index contributed by atoms with van der Waals surface area (Å²) < 4.78 is 0. The number of likely N-dealkylation sites (tertiary alicyclic amines) is 2. The molecule has 6 heteroatoms. The summed E-state index contributed by atoms with van der Waals surface area (Å²) >= 11 is 0. The van der Waals surface area contributed by atoms with E-state index in [-0.39, 0.29) is 28.9 Å². The Hall–Kier alpha value is -3.02. The molecule has 2 amide bonds. The Kier molecular flexibility index (Phi) is 5.43. The summed E-state index contributed by atoms with van der Waals surface area (Å²) in [6.07, 6.45) is 3.20. The van der Waals surface area contributed by atoms with Crippen molar-refractivity contribution in [1.82, 2.24) is 9.80 Å². The van der Waals surface area contributed by atoms with Gasteiger partial charge in [-0.25, -0.2) is 0 Å². The van der Waals surface area contributed by atoms with Crippen LogP contribution >= 0.6 is 0 Å². The summed E-state index contributed by atoms with van der Waals surface area (Å²) in [4.78, 5) is 29.5. The number of nitrogens with zero attached hydrogens (tertiary/aromatic N) is 2. The number of hydrogen-bond acceptors (Lipinski definition) is 4. The number of amides is 2. The monoisotopic (exact) mass is 394 g/mol. The van der Waals surface area contributed by atoms with E-state index in [2.05, 4.69) is 0 Å². The maximum Gasteiger partial charge on any atom is 0.258 e. The van der Waals surface area contributed by atoms with E-state index >= 15 is 0 Å². The van der Waals surface area contributed by atoms with Crippen molar-refractivity contribution in [2.75, 3.05) is 19.6 Å². The van der Waals surface area contributed by atoms with Crippen molar-refractivity contribution in [1.29, 1.82) is 0 Å². The molecule has 6 nitrogen and oxygen atoms in total. The van der Waals surface area contributed by atoms with Crippen LogP contribution in [0.4, 0.5) is 0 Å². The van der Waals surface area contributed by atoms with Crippen molar-refractivity contribution in [3.05, 3.63) is 59.7 Å². The lowest BCUT2D eigenvalue weighted by Crippen LogP contribution is -2.49. The molecule has 0 radical (unpaired) electrons. The molecule has 2 fully saturated rings. The fourth-order valence-corrected chi connectivity index (χ4v) is 4.47. The van der Waals surface area contributed by atoms with Gasteiger partial charge in [-0.1, -0.05) is 24.3 Å². The first kappa shape index (κ1) is 19.3. The molecule has 0 bridgehead atoms. The van der Waals surface area contributed by atoms with E-state index in [4.69, 9.17) is 0 Å². The molecule has 4 rings (SSSR count). The molecule has 0 aliphatic carbocycles. The number of piperidine rings is 1. The molecule has 0 unspecified atom stereocenters. The van der Waals surface area contributed by atoms with Gasteiger partial charge in [-0.3, -0.25) is 9.59 Å². The number of para-hydroxylation sites is 1. The number of carbonyl (C=O) groups is 2. The normalized spacial score (nSPS) is 20.1. The van der Waals surface area contributed by atoms with Crippen LogP contribution in [0.2, 0.25) is 0 Å². The summed E-state index contributed by atoms with van der Waals surface area (Å²) in [5.41, 5.74) is 1.44. The van der Waals surface area contributed by atoms with Crippen LogP contribution in [0.5, 0.6) is 11.5 Å². The number of rotatable bonds is 3. The molecule has 2 aliphatic heterocycles. The van der Waals surface area contributed by atoms with Crippen molar-refractivity contribution >= 4 is 11.8 Å². The van der Waals surface area contributed by atoms with Gasteiger partial charge in [-0.05, 0) is 61.4 Å². The molecular formula is C23H26N2O4. The summed E-state index contributed by atoms with van der Waals surface area (Å²) in [5.74, 6) is 0.317. The highest BCUT2D eigenvalue weighted by Gasteiger charge is 2.38. The van der Waals surface area contributed by atoms with Gasteiger partial charge in [0.2, 0.25) is 5.91 Å². The summed E-state index contributed by atoms with van der Waals surface area (Å²) in [6, 6.07) is 13.3. The summed E-state index contributed by atoms with van der Waals surface area (Å²) in [7, 11) is 0. The Labute approximate surface area is 170 Å². The van der Waals surface area contributed by atoms with Crippen LogP contribution in [0, 0.1) is 0 Å². The number of aromatic hydroxyl groups is 2. The average molecular weight is 394 g/mol. The SMILES string of the molecule is O=C([C@@H]1CCCN1C(=O)c1ccccc1O)N1CCC(c2ccc(O)cc2)CC1. The van der Waals surface area contributed by atoms with E-state index in [1.54, 1.807) is 35.2 Å². The molecule has 0 aromatic heterocycles. The van der Waals surface area contributed by atoms with Gasteiger partial charge >= 0.3 is 0 Å². The standard InChI is InChI=1S/C23H26N2O4/c26-18-9-7-16(8-10-18)17-11-14-24(15-12-17)23(29)20-5-3-13-25(20)22(28)19-4-1-2-6-21(19)27/h1-2,4,6-10,17,20,26-27H,3,5,11-15H2/t20-/m0/s1. The van der Waals surface area contributed by atoms with E-state index in [0.29, 0.717) is 32.0 Å². The third-order valence-corrected chi connectivity index (χ3v) is 6.10. The fraction of sp³-hybridized carbons (Fsp3) is 0.391. The zero-order valence-corrected chi connectivity index (χ0v) is 16.3. The largest absolute Gasteiger partial charge is 0.508 e. The van der Waals surface area contributed by atoms with Crippen LogP contribution in [-0.4, -0.2) is 57.5 Å². The molecule has 2 aliphatic rings. The fourth-order valence-electron chi connectivity index (χ4n) is 4.47. The van der Waals surface area contributed by atoms with E-state index in [0.717, 1.165) is 19.3 Å². The highest BCUT2D eigenvalue weighted by Crippen LogP contribution is 2.31. The van der Waals surface area contributed by atoms with E-state index in [1.165, 1.54) is 11.6 Å². The predicted octanol–water partition coefficient (Wildman–Crippen LogP) is 3.11. The smallest absolute Gasteiger partial charge is 0.258 e. The average Bonchev–Trinajstić information content (AvgIpc) is 3.24. The van der Waals surface area contributed by atoms with Gasteiger partial charge in [0, 0.05) is 19.6 Å². The molecular weight excluding hydrogens is 368 g/mol. The Bertz CT molecular complexity index is 888. The third-order valence-electron chi connectivity index (χ3n) is 6.10. The first-order valence-corrected chi connectivity index (χ1v) is 10.2. The third kappa shape index (κ3) is 3.92. The Balaban J connectivity index is 1.41. The van der Waals surface area contributed by atoms with Crippen molar-refractivity contribution < 1.29 is 19.8 Å². The van der Waals surface area contributed by atoms with Gasteiger partial charge in [0.1, 0.15) is 17.5 Å². The Morgan fingerprint density at radius 1 is 0.862 bits per heavy atom. The molecule has 0 saturated carbocycles. The number of carbonyl (C=O) groups excluding carboxylic acids is 2. The lowest BCUT2D eigenvalue weighted by atomic mass is 9.89. The van der Waals surface area contributed by atoms with Gasteiger partial charge in [0.05, 0.1) is 5.56 Å². The summed E-state index contributed by atoms with van der Waals surface area (Å²) in [5, 5.41) is 19.5. The lowest BCUT2D eigenvalue weighted by Gasteiger charge is -2.35. The zero-order valence-electron chi connectivity index (χ0n) is 16.3. The van der Waals surface area contributed by atoms with Gasteiger partial charge in [0.15, 0.2) is 0 Å². The second kappa shape index (κ2) is 8.15. The minimum absolute atomic E-state index is 0.00965. The molecule has 0 spiro atoms.